The molecule has 2 rings (SSSR count). The molecule has 18 heavy (non-hydrogen) atoms. The van der Waals surface area contributed by atoms with Gasteiger partial charge in [0, 0.05) is 18.5 Å². The Bertz CT molecular complexity index is 499. The maximum Gasteiger partial charge on any atom is 0.175 e. The van der Waals surface area contributed by atoms with Crippen LogP contribution in [-0.2, 0) is 9.84 Å². The van der Waals surface area contributed by atoms with E-state index in [1.807, 2.05) is 12.1 Å². The second-order valence-corrected chi connectivity index (χ2v) is 7.68. The molecule has 1 fully saturated rings. The van der Waals surface area contributed by atoms with Crippen molar-refractivity contribution in [2.24, 2.45) is 5.41 Å². The summed E-state index contributed by atoms with van der Waals surface area (Å²) in [6.07, 6.45) is 6.44. The second-order valence-electron chi connectivity index (χ2n) is 5.67. The van der Waals surface area contributed by atoms with Crippen molar-refractivity contribution in [1.82, 2.24) is 0 Å². The molecule has 3 nitrogen and oxygen atoms in total. The molecule has 1 saturated carbocycles. The summed E-state index contributed by atoms with van der Waals surface area (Å²) >= 11 is 0. The zero-order chi connectivity index (χ0) is 13.2. The predicted molar refractivity (Wildman–Crippen MR) is 74.6 cm³/mol. The summed E-state index contributed by atoms with van der Waals surface area (Å²) in [5.41, 5.74) is 1.39. The van der Waals surface area contributed by atoms with Gasteiger partial charge in [-0.15, -0.1) is 0 Å². The SMILES string of the molecule is CC1(CNc2ccc(S(C)(=O)=O)cc2)CCCC1. The number of sulfone groups is 1. The van der Waals surface area contributed by atoms with Gasteiger partial charge in [0.2, 0.25) is 0 Å². The average Bonchev–Trinajstić information content (AvgIpc) is 2.74. The largest absolute Gasteiger partial charge is 0.384 e. The van der Waals surface area contributed by atoms with Crippen LogP contribution in [0.2, 0.25) is 0 Å². The molecule has 0 aromatic heterocycles. The van der Waals surface area contributed by atoms with Crippen LogP contribution in [0.15, 0.2) is 29.2 Å². The van der Waals surface area contributed by atoms with Crippen LogP contribution < -0.4 is 5.32 Å². The van der Waals surface area contributed by atoms with Gasteiger partial charge in [0.15, 0.2) is 9.84 Å². The van der Waals surface area contributed by atoms with Gasteiger partial charge in [-0.3, -0.25) is 0 Å². The Morgan fingerprint density at radius 1 is 1.17 bits per heavy atom. The molecule has 0 heterocycles. The lowest BCUT2D eigenvalue weighted by Crippen LogP contribution is -2.22. The van der Waals surface area contributed by atoms with Gasteiger partial charge < -0.3 is 5.32 Å². The monoisotopic (exact) mass is 267 g/mol. The van der Waals surface area contributed by atoms with Crippen LogP contribution in [0.3, 0.4) is 0 Å². The van der Waals surface area contributed by atoms with Crippen molar-refractivity contribution < 1.29 is 8.42 Å². The third-order valence-corrected chi connectivity index (χ3v) is 4.94. The first kappa shape index (κ1) is 13.4. The molecule has 0 spiro atoms. The van der Waals surface area contributed by atoms with E-state index in [1.54, 1.807) is 12.1 Å². The zero-order valence-electron chi connectivity index (χ0n) is 11.1. The van der Waals surface area contributed by atoms with Gasteiger partial charge in [-0.05, 0) is 42.5 Å². The van der Waals surface area contributed by atoms with E-state index in [0.29, 0.717) is 10.3 Å². The minimum atomic E-state index is -3.09. The predicted octanol–water partition coefficient (Wildman–Crippen LogP) is 3.08. The Kier molecular flexibility index (Phi) is 3.66. The van der Waals surface area contributed by atoms with Gasteiger partial charge in [-0.1, -0.05) is 19.8 Å². The molecule has 1 aliphatic rings. The van der Waals surface area contributed by atoms with E-state index >= 15 is 0 Å². The van der Waals surface area contributed by atoms with Crippen molar-refractivity contribution >= 4 is 15.5 Å². The summed E-state index contributed by atoms with van der Waals surface area (Å²) in [5.74, 6) is 0. The Morgan fingerprint density at radius 2 is 1.72 bits per heavy atom. The number of benzene rings is 1. The number of hydrogen-bond donors (Lipinski definition) is 1. The van der Waals surface area contributed by atoms with E-state index in [4.69, 9.17) is 0 Å². The van der Waals surface area contributed by atoms with Gasteiger partial charge in [0.25, 0.3) is 0 Å². The maximum absolute atomic E-state index is 11.3. The van der Waals surface area contributed by atoms with Crippen LogP contribution in [0.5, 0.6) is 0 Å². The summed E-state index contributed by atoms with van der Waals surface area (Å²) in [6.45, 7) is 3.28. The molecule has 0 saturated heterocycles. The third-order valence-electron chi connectivity index (χ3n) is 3.81. The molecular formula is C14H21NO2S. The molecule has 0 radical (unpaired) electrons. The first-order chi connectivity index (χ1) is 8.39. The van der Waals surface area contributed by atoms with Crippen molar-refractivity contribution in [1.29, 1.82) is 0 Å². The second kappa shape index (κ2) is 4.92. The Balaban J connectivity index is 1.98. The lowest BCUT2D eigenvalue weighted by atomic mass is 9.89. The molecule has 1 aliphatic carbocycles. The van der Waals surface area contributed by atoms with E-state index in [1.165, 1.54) is 31.9 Å². The van der Waals surface area contributed by atoms with Gasteiger partial charge in [0.1, 0.15) is 0 Å². The molecular weight excluding hydrogens is 246 g/mol. The molecule has 1 N–H and O–H groups in total. The van der Waals surface area contributed by atoms with Crippen LogP contribution in [0.25, 0.3) is 0 Å². The van der Waals surface area contributed by atoms with E-state index in [9.17, 15) is 8.42 Å². The maximum atomic E-state index is 11.3. The van der Waals surface area contributed by atoms with E-state index < -0.39 is 9.84 Å². The number of rotatable bonds is 4. The van der Waals surface area contributed by atoms with E-state index in [-0.39, 0.29) is 0 Å². The molecule has 0 aliphatic heterocycles. The average molecular weight is 267 g/mol. The standard InChI is InChI=1S/C14H21NO2S/c1-14(9-3-4-10-14)11-15-12-5-7-13(8-6-12)18(2,16)17/h5-8,15H,3-4,9-11H2,1-2H3. The van der Waals surface area contributed by atoms with Gasteiger partial charge in [-0.25, -0.2) is 8.42 Å². The van der Waals surface area contributed by atoms with Crippen LogP contribution >= 0.6 is 0 Å². The number of nitrogens with one attached hydrogen (secondary N) is 1. The van der Waals surface area contributed by atoms with Crippen molar-refractivity contribution in [2.75, 3.05) is 18.1 Å². The highest BCUT2D eigenvalue weighted by Crippen LogP contribution is 2.37. The minimum Gasteiger partial charge on any atom is -0.384 e. The lowest BCUT2D eigenvalue weighted by molar-refractivity contribution is 0.362. The highest BCUT2D eigenvalue weighted by molar-refractivity contribution is 7.90. The van der Waals surface area contributed by atoms with Crippen LogP contribution in [0.1, 0.15) is 32.6 Å². The van der Waals surface area contributed by atoms with Gasteiger partial charge in [-0.2, -0.15) is 0 Å². The van der Waals surface area contributed by atoms with Crippen LogP contribution in [-0.4, -0.2) is 21.2 Å². The van der Waals surface area contributed by atoms with E-state index in [2.05, 4.69) is 12.2 Å². The molecule has 4 heteroatoms. The molecule has 1 aromatic rings. The Labute approximate surface area is 110 Å². The zero-order valence-corrected chi connectivity index (χ0v) is 11.9. The normalized spacial score (nSPS) is 18.8. The summed E-state index contributed by atoms with van der Waals surface area (Å²) in [7, 11) is -3.09. The highest BCUT2D eigenvalue weighted by Gasteiger charge is 2.28. The molecule has 0 unspecified atom stereocenters. The number of hydrogen-bond acceptors (Lipinski definition) is 3. The summed E-state index contributed by atoms with van der Waals surface area (Å²) in [6, 6.07) is 7.01. The first-order valence-corrected chi connectivity index (χ1v) is 8.32. The fourth-order valence-corrected chi connectivity index (χ4v) is 3.17. The third kappa shape index (κ3) is 3.25. The van der Waals surface area contributed by atoms with Crippen molar-refractivity contribution in [2.45, 2.75) is 37.5 Å². The minimum absolute atomic E-state index is 0.375. The van der Waals surface area contributed by atoms with Crippen LogP contribution in [0, 0.1) is 5.41 Å². The topological polar surface area (TPSA) is 46.2 Å². The van der Waals surface area contributed by atoms with E-state index in [0.717, 1.165) is 12.2 Å². The molecule has 0 amide bonds. The molecule has 0 atom stereocenters. The smallest absolute Gasteiger partial charge is 0.175 e. The molecule has 0 bridgehead atoms. The molecule has 100 valence electrons. The Hall–Kier alpha value is -1.03. The Morgan fingerprint density at radius 3 is 2.22 bits per heavy atom. The van der Waals surface area contributed by atoms with Crippen molar-refractivity contribution in [3.05, 3.63) is 24.3 Å². The van der Waals surface area contributed by atoms with Crippen LogP contribution in [0.4, 0.5) is 5.69 Å². The van der Waals surface area contributed by atoms with Gasteiger partial charge in [0.05, 0.1) is 4.90 Å². The summed E-state index contributed by atoms with van der Waals surface area (Å²) < 4.78 is 22.7. The highest BCUT2D eigenvalue weighted by atomic mass is 32.2. The summed E-state index contributed by atoms with van der Waals surface area (Å²) in [5, 5.41) is 3.41. The fraction of sp³-hybridized carbons (Fsp3) is 0.571. The molecule has 1 aromatic carbocycles. The quantitative estimate of drug-likeness (QED) is 0.912. The van der Waals surface area contributed by atoms with Gasteiger partial charge >= 0.3 is 0 Å². The van der Waals surface area contributed by atoms with Crippen molar-refractivity contribution in [3.8, 4) is 0 Å². The summed E-state index contributed by atoms with van der Waals surface area (Å²) in [4.78, 5) is 0.375. The van der Waals surface area contributed by atoms with Crippen molar-refractivity contribution in [3.63, 3.8) is 0 Å². The first-order valence-electron chi connectivity index (χ1n) is 6.43. The lowest BCUT2D eigenvalue weighted by Gasteiger charge is -2.24. The fourth-order valence-electron chi connectivity index (χ4n) is 2.54. The number of anilines is 1.